The molecule has 3 rings (SSSR count). The Balaban J connectivity index is 2.17. The van der Waals surface area contributed by atoms with Crippen LogP contribution in [0.15, 0.2) is 18.2 Å². The maximum atomic E-state index is 11.4. The van der Waals surface area contributed by atoms with E-state index in [1.54, 1.807) is 0 Å². The van der Waals surface area contributed by atoms with Crippen molar-refractivity contribution in [1.82, 2.24) is 9.78 Å². The minimum Gasteiger partial charge on any atom is -0.480 e. The summed E-state index contributed by atoms with van der Waals surface area (Å²) < 4.78 is 1.30. The first-order valence-corrected chi connectivity index (χ1v) is 6.08. The Bertz CT molecular complexity index is 686. The minimum absolute atomic E-state index is 0.138. The fraction of sp³-hybridized carbons (Fsp3) is 0.308. The van der Waals surface area contributed by atoms with Crippen LogP contribution >= 0.6 is 0 Å². The third-order valence-electron chi connectivity index (χ3n) is 3.34. The number of aliphatic carboxylic acids is 1. The van der Waals surface area contributed by atoms with E-state index in [2.05, 4.69) is 5.10 Å². The number of benzene rings is 1. The van der Waals surface area contributed by atoms with E-state index in [-0.39, 0.29) is 12.2 Å². The average Bonchev–Trinajstić information content (AvgIpc) is 3.12. The summed E-state index contributed by atoms with van der Waals surface area (Å²) in [6.07, 6.45) is 2.31. The first-order chi connectivity index (χ1) is 9.06. The van der Waals surface area contributed by atoms with Crippen LogP contribution < -0.4 is 5.73 Å². The standard InChI is InChI=1S/C13H13N3O3/c14-13(19)12-9-5-8(7-1-2-7)3-4-10(9)16(15-12)6-11(17)18/h3-5,7H,1-2,6H2,(H2,14,19)(H,17,18). The maximum Gasteiger partial charge on any atom is 0.325 e. The monoisotopic (exact) mass is 259 g/mol. The third-order valence-corrected chi connectivity index (χ3v) is 3.34. The van der Waals surface area contributed by atoms with Crippen LogP contribution in [0.2, 0.25) is 0 Å². The summed E-state index contributed by atoms with van der Waals surface area (Å²) in [5, 5.41) is 13.5. The largest absolute Gasteiger partial charge is 0.480 e. The van der Waals surface area contributed by atoms with E-state index in [1.807, 2.05) is 18.2 Å². The van der Waals surface area contributed by atoms with Crippen molar-refractivity contribution in [3.63, 3.8) is 0 Å². The number of aromatic nitrogens is 2. The Morgan fingerprint density at radius 1 is 1.42 bits per heavy atom. The molecule has 0 spiro atoms. The average molecular weight is 259 g/mol. The van der Waals surface area contributed by atoms with Crippen LogP contribution in [0.1, 0.15) is 34.8 Å². The van der Waals surface area contributed by atoms with E-state index >= 15 is 0 Å². The smallest absolute Gasteiger partial charge is 0.325 e. The van der Waals surface area contributed by atoms with Crippen molar-refractivity contribution in [3.05, 3.63) is 29.5 Å². The number of rotatable bonds is 4. The number of amides is 1. The summed E-state index contributed by atoms with van der Waals surface area (Å²) in [4.78, 5) is 22.2. The molecule has 1 amide bonds. The van der Waals surface area contributed by atoms with Crippen LogP contribution in [0.3, 0.4) is 0 Å². The van der Waals surface area contributed by atoms with E-state index in [0.29, 0.717) is 16.8 Å². The second-order valence-corrected chi connectivity index (χ2v) is 4.82. The number of hydrogen-bond donors (Lipinski definition) is 2. The molecule has 0 aliphatic heterocycles. The molecule has 1 fully saturated rings. The zero-order chi connectivity index (χ0) is 13.6. The summed E-state index contributed by atoms with van der Waals surface area (Å²) in [7, 11) is 0. The molecule has 1 saturated carbocycles. The molecule has 1 aromatic heterocycles. The van der Waals surface area contributed by atoms with Gasteiger partial charge in [-0.3, -0.25) is 14.3 Å². The fourth-order valence-corrected chi connectivity index (χ4v) is 2.30. The topological polar surface area (TPSA) is 98.2 Å². The Labute approximate surface area is 108 Å². The zero-order valence-electron chi connectivity index (χ0n) is 10.2. The van der Waals surface area contributed by atoms with Gasteiger partial charge in [0.1, 0.15) is 6.54 Å². The predicted octanol–water partition coefficient (Wildman–Crippen LogP) is 1.10. The lowest BCUT2D eigenvalue weighted by Gasteiger charge is -2.01. The van der Waals surface area contributed by atoms with Crippen LogP contribution in [-0.2, 0) is 11.3 Å². The zero-order valence-corrected chi connectivity index (χ0v) is 10.2. The molecular formula is C13H13N3O3. The van der Waals surface area contributed by atoms with Crippen LogP contribution in [0, 0.1) is 0 Å². The van der Waals surface area contributed by atoms with Crippen LogP contribution in [-0.4, -0.2) is 26.8 Å². The molecule has 1 aliphatic rings. The first kappa shape index (κ1) is 11.7. The molecule has 2 aromatic rings. The van der Waals surface area contributed by atoms with Crippen molar-refractivity contribution in [2.75, 3.05) is 0 Å². The lowest BCUT2D eigenvalue weighted by molar-refractivity contribution is -0.137. The number of fused-ring (bicyclic) bond motifs is 1. The predicted molar refractivity (Wildman–Crippen MR) is 67.9 cm³/mol. The molecule has 0 saturated heterocycles. The highest BCUT2D eigenvalue weighted by Gasteiger charge is 2.25. The van der Waals surface area contributed by atoms with E-state index in [0.717, 1.165) is 18.4 Å². The number of hydrogen-bond acceptors (Lipinski definition) is 3. The lowest BCUT2D eigenvalue weighted by atomic mass is 10.1. The first-order valence-electron chi connectivity index (χ1n) is 6.08. The van der Waals surface area contributed by atoms with Crippen molar-refractivity contribution in [1.29, 1.82) is 0 Å². The van der Waals surface area contributed by atoms with E-state index in [9.17, 15) is 9.59 Å². The number of primary amides is 1. The Kier molecular flexibility index (Phi) is 2.51. The van der Waals surface area contributed by atoms with Gasteiger partial charge >= 0.3 is 5.97 Å². The Morgan fingerprint density at radius 3 is 2.74 bits per heavy atom. The van der Waals surface area contributed by atoms with Gasteiger partial charge in [0, 0.05) is 5.39 Å². The number of nitrogens with zero attached hydrogens (tertiary/aromatic N) is 2. The van der Waals surface area contributed by atoms with Gasteiger partial charge in [-0.05, 0) is 36.5 Å². The molecule has 19 heavy (non-hydrogen) atoms. The Hall–Kier alpha value is -2.37. The van der Waals surface area contributed by atoms with Gasteiger partial charge in [0.15, 0.2) is 5.69 Å². The molecular weight excluding hydrogens is 246 g/mol. The number of carbonyl (C=O) groups is 2. The maximum absolute atomic E-state index is 11.4. The highest BCUT2D eigenvalue weighted by molar-refractivity contribution is 6.04. The van der Waals surface area contributed by atoms with Crippen molar-refractivity contribution < 1.29 is 14.7 Å². The molecule has 1 aromatic carbocycles. The minimum atomic E-state index is -1.01. The van der Waals surface area contributed by atoms with E-state index < -0.39 is 11.9 Å². The van der Waals surface area contributed by atoms with Gasteiger partial charge in [0.05, 0.1) is 5.52 Å². The number of nitrogens with two attached hydrogens (primary N) is 1. The quantitative estimate of drug-likeness (QED) is 0.858. The van der Waals surface area contributed by atoms with E-state index in [1.165, 1.54) is 4.68 Å². The number of carboxylic acids is 1. The van der Waals surface area contributed by atoms with Gasteiger partial charge < -0.3 is 10.8 Å². The molecule has 1 aliphatic carbocycles. The summed E-state index contributed by atoms with van der Waals surface area (Å²) >= 11 is 0. The van der Waals surface area contributed by atoms with Crippen LogP contribution in [0.25, 0.3) is 10.9 Å². The Morgan fingerprint density at radius 2 is 2.16 bits per heavy atom. The van der Waals surface area contributed by atoms with E-state index in [4.69, 9.17) is 10.8 Å². The van der Waals surface area contributed by atoms with Crippen molar-refractivity contribution >= 4 is 22.8 Å². The molecule has 6 heteroatoms. The van der Waals surface area contributed by atoms with Crippen molar-refractivity contribution in [2.24, 2.45) is 5.73 Å². The van der Waals surface area contributed by atoms with Gasteiger partial charge in [-0.15, -0.1) is 0 Å². The van der Waals surface area contributed by atoms with Gasteiger partial charge in [-0.25, -0.2) is 0 Å². The molecule has 3 N–H and O–H groups in total. The van der Waals surface area contributed by atoms with Crippen molar-refractivity contribution in [3.8, 4) is 0 Å². The molecule has 6 nitrogen and oxygen atoms in total. The highest BCUT2D eigenvalue weighted by Crippen LogP contribution is 2.41. The molecule has 0 atom stereocenters. The van der Waals surface area contributed by atoms with Gasteiger partial charge in [0.25, 0.3) is 5.91 Å². The normalized spacial score (nSPS) is 14.7. The molecule has 1 heterocycles. The molecule has 0 unspecified atom stereocenters. The van der Waals surface area contributed by atoms with Gasteiger partial charge in [-0.2, -0.15) is 5.10 Å². The van der Waals surface area contributed by atoms with Crippen LogP contribution in [0.4, 0.5) is 0 Å². The summed E-state index contributed by atoms with van der Waals surface area (Å²) in [5.41, 5.74) is 7.22. The molecule has 0 bridgehead atoms. The highest BCUT2D eigenvalue weighted by atomic mass is 16.4. The van der Waals surface area contributed by atoms with Crippen molar-refractivity contribution in [2.45, 2.75) is 25.3 Å². The summed E-state index contributed by atoms with van der Waals surface area (Å²) in [6.45, 7) is -0.285. The molecule has 0 radical (unpaired) electrons. The van der Waals surface area contributed by atoms with Gasteiger partial charge in [0.2, 0.25) is 0 Å². The van der Waals surface area contributed by atoms with Crippen LogP contribution in [0.5, 0.6) is 0 Å². The lowest BCUT2D eigenvalue weighted by Crippen LogP contribution is -2.14. The molecule has 98 valence electrons. The SMILES string of the molecule is NC(=O)c1nn(CC(=O)O)c2ccc(C3CC3)cc12. The number of carbonyl (C=O) groups excluding carboxylic acids is 1. The summed E-state index contributed by atoms with van der Waals surface area (Å²) in [6, 6.07) is 5.68. The number of carboxylic acid groups (broad SMARTS) is 1. The van der Waals surface area contributed by atoms with Gasteiger partial charge in [-0.1, -0.05) is 6.07 Å². The summed E-state index contributed by atoms with van der Waals surface area (Å²) in [5.74, 6) is -1.10. The second-order valence-electron chi connectivity index (χ2n) is 4.82. The second kappa shape index (κ2) is 4.08. The third kappa shape index (κ3) is 2.05. The fourth-order valence-electron chi connectivity index (χ4n) is 2.30.